The summed E-state index contributed by atoms with van der Waals surface area (Å²) < 4.78 is 22.8. The molecule has 0 aromatic heterocycles. The maximum absolute atomic E-state index is 12.9. The number of hydrogen-bond acceptors (Lipinski definition) is 8. The molecule has 0 saturated carbocycles. The van der Waals surface area contributed by atoms with Crippen LogP contribution < -0.4 is 5.11 Å². The summed E-state index contributed by atoms with van der Waals surface area (Å²) in [5.41, 5.74) is 0. The van der Waals surface area contributed by atoms with E-state index >= 15 is 0 Å². The highest BCUT2D eigenvalue weighted by atomic mass is 16.7. The first-order valence-corrected chi connectivity index (χ1v) is 33.6. The molecule has 0 bridgehead atoms. The minimum atomic E-state index is -1.63. The molecule has 0 rings (SSSR count). The Balaban J connectivity index is 4.21. The van der Waals surface area contributed by atoms with Crippen molar-refractivity contribution < 1.29 is 42.9 Å². The summed E-state index contributed by atoms with van der Waals surface area (Å²) in [6.07, 6.45) is 93.0. The third-order valence-electron chi connectivity index (χ3n) is 13.8. The number of carboxylic acids is 1. The lowest BCUT2D eigenvalue weighted by atomic mass is 10.1. The van der Waals surface area contributed by atoms with Crippen molar-refractivity contribution in [2.75, 3.05) is 47.5 Å². The molecule has 0 aliphatic heterocycles. The number of ether oxygens (including phenoxy) is 4. The van der Waals surface area contributed by atoms with E-state index in [-0.39, 0.29) is 38.6 Å². The number of quaternary nitrogens is 1. The van der Waals surface area contributed by atoms with E-state index in [0.29, 0.717) is 17.4 Å². The highest BCUT2D eigenvalue weighted by Gasteiger charge is 2.22. The lowest BCUT2D eigenvalue weighted by Crippen LogP contribution is -2.44. The summed E-state index contributed by atoms with van der Waals surface area (Å²) in [6, 6.07) is 0. The van der Waals surface area contributed by atoms with Crippen molar-refractivity contribution in [1.82, 2.24) is 0 Å². The van der Waals surface area contributed by atoms with Gasteiger partial charge in [0.15, 0.2) is 12.4 Å². The Morgan fingerprint density at radius 3 is 0.941 bits per heavy atom. The molecule has 0 heterocycles. The van der Waals surface area contributed by atoms with Crippen molar-refractivity contribution in [2.45, 2.75) is 257 Å². The minimum Gasteiger partial charge on any atom is -0.545 e. The topological polar surface area (TPSA) is 111 Å². The molecule has 0 spiro atoms. The fourth-order valence-electron chi connectivity index (χ4n) is 8.70. The van der Waals surface area contributed by atoms with Crippen molar-refractivity contribution in [2.24, 2.45) is 0 Å². The van der Waals surface area contributed by atoms with Gasteiger partial charge in [-0.2, -0.15) is 0 Å². The molecular weight excluding hydrogens is 1050 g/mol. The Morgan fingerprint density at radius 2 is 0.635 bits per heavy atom. The first kappa shape index (κ1) is 79.9. The van der Waals surface area contributed by atoms with E-state index in [1.807, 2.05) is 21.1 Å². The molecule has 0 amide bonds. The van der Waals surface area contributed by atoms with Crippen LogP contribution in [0, 0.1) is 0 Å². The van der Waals surface area contributed by atoms with Crippen LogP contribution in [0.2, 0.25) is 0 Å². The van der Waals surface area contributed by atoms with Crippen molar-refractivity contribution in [3.05, 3.63) is 158 Å². The third kappa shape index (κ3) is 66.3. The molecule has 2 unspecified atom stereocenters. The quantitative estimate of drug-likeness (QED) is 0.0195. The standard InChI is InChI=1S/C76H123NO8/c1-6-8-10-12-14-16-18-20-22-24-26-28-30-31-32-33-34-35-36-37-38-39-40-41-42-43-45-47-49-51-53-55-57-59-61-63-65-67-74(79)85-72(71-84-76(75(80)81)82-69-68-77(3,4)5)70-83-73(78)66-64-62-60-58-56-54-52-50-48-46-44-29-27-25-23-21-19-17-15-13-11-9-7-2/h8-11,14-17,20-23,26-29,31-32,34-35,37-38,40-41,43,45,72,76H,6-7,12-13,18-19,24-25,30,33,36,39,42,44,46-71H2,1-5H3/b10-8-,11-9-,16-14-,17-15-,22-20-,23-21-,28-26-,29-27-,32-31-,35-34-,38-37-,41-40-,45-43-. The number of carbonyl (C=O) groups excluding carboxylic acids is 3. The fourth-order valence-corrected chi connectivity index (χ4v) is 8.70. The molecule has 0 fully saturated rings. The number of hydrogen-bond donors (Lipinski definition) is 0. The van der Waals surface area contributed by atoms with Crippen molar-refractivity contribution in [3.8, 4) is 0 Å². The number of unbranched alkanes of at least 4 members (excludes halogenated alkanes) is 19. The Hall–Kier alpha value is -5.09. The Morgan fingerprint density at radius 1 is 0.353 bits per heavy atom. The predicted molar refractivity (Wildman–Crippen MR) is 361 cm³/mol. The minimum absolute atomic E-state index is 0.138. The molecule has 2 atom stereocenters. The average Bonchev–Trinajstić information content (AvgIpc) is 3.48. The maximum atomic E-state index is 12.9. The molecule has 9 nitrogen and oxygen atoms in total. The normalized spacial score (nSPS) is 13.8. The van der Waals surface area contributed by atoms with Gasteiger partial charge in [0, 0.05) is 12.8 Å². The van der Waals surface area contributed by atoms with Gasteiger partial charge in [0.2, 0.25) is 0 Å². The molecule has 0 aliphatic rings. The fraction of sp³-hybridized carbons (Fsp3) is 0.618. The highest BCUT2D eigenvalue weighted by molar-refractivity contribution is 5.70. The second-order valence-corrected chi connectivity index (χ2v) is 23.0. The molecule has 0 saturated heterocycles. The summed E-state index contributed by atoms with van der Waals surface area (Å²) >= 11 is 0. The van der Waals surface area contributed by atoms with Gasteiger partial charge in [0.05, 0.1) is 40.3 Å². The maximum Gasteiger partial charge on any atom is 0.306 e. The lowest BCUT2D eigenvalue weighted by molar-refractivity contribution is -0.870. The number of likely N-dealkylation sites (N-methyl/N-ethyl adjacent to an activating group) is 1. The number of allylic oxidation sites excluding steroid dienone is 26. The van der Waals surface area contributed by atoms with Crippen LogP contribution in [0.5, 0.6) is 0 Å². The van der Waals surface area contributed by atoms with Gasteiger partial charge in [-0.05, 0) is 122 Å². The molecule has 0 aromatic carbocycles. The molecule has 0 radical (unpaired) electrons. The van der Waals surface area contributed by atoms with Gasteiger partial charge < -0.3 is 33.3 Å². The van der Waals surface area contributed by atoms with E-state index in [1.165, 1.54) is 70.6 Å². The summed E-state index contributed by atoms with van der Waals surface area (Å²) in [7, 11) is 5.91. The van der Waals surface area contributed by atoms with Crippen LogP contribution in [0.15, 0.2) is 158 Å². The van der Waals surface area contributed by atoms with Crippen molar-refractivity contribution in [3.63, 3.8) is 0 Å². The van der Waals surface area contributed by atoms with Crippen LogP contribution in [0.4, 0.5) is 0 Å². The van der Waals surface area contributed by atoms with Gasteiger partial charge in [-0.25, -0.2) is 0 Å². The second kappa shape index (κ2) is 64.9. The zero-order chi connectivity index (χ0) is 61.9. The van der Waals surface area contributed by atoms with E-state index in [1.54, 1.807) is 0 Å². The first-order valence-electron chi connectivity index (χ1n) is 33.6. The van der Waals surface area contributed by atoms with E-state index in [9.17, 15) is 19.5 Å². The van der Waals surface area contributed by atoms with Gasteiger partial charge in [-0.15, -0.1) is 0 Å². The third-order valence-corrected chi connectivity index (χ3v) is 13.8. The van der Waals surface area contributed by atoms with Gasteiger partial charge in [0.1, 0.15) is 13.2 Å². The Kier molecular flexibility index (Phi) is 61.0. The summed E-state index contributed by atoms with van der Waals surface area (Å²) in [4.78, 5) is 37.5. The number of carboxylic acid groups (broad SMARTS) is 1. The van der Waals surface area contributed by atoms with E-state index < -0.39 is 24.3 Å². The van der Waals surface area contributed by atoms with Gasteiger partial charge in [-0.3, -0.25) is 9.59 Å². The Bertz CT molecular complexity index is 1950. The predicted octanol–water partition coefficient (Wildman–Crippen LogP) is 19.6. The van der Waals surface area contributed by atoms with Gasteiger partial charge in [-0.1, -0.05) is 268 Å². The molecule has 0 aromatic rings. The zero-order valence-corrected chi connectivity index (χ0v) is 54.7. The van der Waals surface area contributed by atoms with E-state index in [4.69, 9.17) is 18.9 Å². The van der Waals surface area contributed by atoms with Crippen LogP contribution in [0.1, 0.15) is 245 Å². The average molecular weight is 1180 g/mol. The van der Waals surface area contributed by atoms with E-state index in [2.05, 4.69) is 172 Å². The lowest BCUT2D eigenvalue weighted by Gasteiger charge is -2.26. The van der Waals surface area contributed by atoms with Crippen LogP contribution in [0.25, 0.3) is 0 Å². The highest BCUT2D eigenvalue weighted by Crippen LogP contribution is 2.15. The zero-order valence-electron chi connectivity index (χ0n) is 54.7. The summed E-state index contributed by atoms with van der Waals surface area (Å²) in [5, 5.41) is 11.8. The second-order valence-electron chi connectivity index (χ2n) is 23.0. The molecule has 9 heteroatoms. The largest absolute Gasteiger partial charge is 0.545 e. The molecule has 0 N–H and O–H groups in total. The van der Waals surface area contributed by atoms with Crippen LogP contribution >= 0.6 is 0 Å². The number of aliphatic carboxylic acids is 1. The molecule has 480 valence electrons. The number of nitrogens with zero attached hydrogens (tertiary/aromatic N) is 1. The smallest absolute Gasteiger partial charge is 0.306 e. The van der Waals surface area contributed by atoms with Crippen LogP contribution in [0.3, 0.4) is 0 Å². The molecule has 0 aliphatic carbocycles. The van der Waals surface area contributed by atoms with Gasteiger partial charge >= 0.3 is 11.9 Å². The van der Waals surface area contributed by atoms with Crippen molar-refractivity contribution >= 4 is 17.9 Å². The first-order chi connectivity index (χ1) is 41.6. The van der Waals surface area contributed by atoms with Crippen molar-refractivity contribution in [1.29, 1.82) is 0 Å². The number of rotatable bonds is 60. The number of esters is 2. The summed E-state index contributed by atoms with van der Waals surface area (Å²) in [6.45, 7) is 4.50. The number of carbonyl (C=O) groups is 3. The van der Waals surface area contributed by atoms with Gasteiger partial charge in [0.25, 0.3) is 0 Å². The Labute approximate surface area is 521 Å². The summed E-state index contributed by atoms with van der Waals surface area (Å²) in [5.74, 6) is -2.31. The van der Waals surface area contributed by atoms with Crippen LogP contribution in [-0.4, -0.2) is 82.3 Å². The molecule has 85 heavy (non-hydrogen) atoms. The SMILES string of the molecule is CC/C=C\C/C=C\C/C=C\C/C=C\C/C=C\C/C=C\C/C=C\C/C=C\C/C=C\CCCCCCCCCCCC(=O)OC(COC(=O)CCCCCCCCCCCC/C=C\C/C=C\C/C=C\C/C=C\CC)COC(OCC[N+](C)(C)C)C(=O)[O-]. The van der Waals surface area contributed by atoms with E-state index in [0.717, 1.165) is 141 Å². The van der Waals surface area contributed by atoms with Crippen LogP contribution in [-0.2, 0) is 33.3 Å². The molecular formula is C76H123NO8. The monoisotopic (exact) mass is 1180 g/mol.